The van der Waals surface area contributed by atoms with Crippen molar-refractivity contribution < 1.29 is 9.53 Å². The quantitative estimate of drug-likeness (QED) is 0.457. The van der Waals surface area contributed by atoms with Gasteiger partial charge in [0.1, 0.15) is 17.3 Å². The lowest BCUT2D eigenvalue weighted by Crippen LogP contribution is -2.52. The average molecular weight is 472 g/mol. The summed E-state index contributed by atoms with van der Waals surface area (Å²) in [5.74, 6) is 6.76. The molecule has 3 aromatic rings. The number of aromatic nitrogens is 2. The Bertz CT molecular complexity index is 1200. The number of anilines is 1. The Kier molecular flexibility index (Phi) is 4.80. The maximum atomic E-state index is 13.8. The summed E-state index contributed by atoms with van der Waals surface area (Å²) in [5, 5.41) is 8.33. The van der Waals surface area contributed by atoms with E-state index in [0.717, 1.165) is 77.2 Å². The number of nitrogens with one attached hydrogen (secondary N) is 1. The van der Waals surface area contributed by atoms with Gasteiger partial charge in [-0.25, -0.2) is 4.68 Å². The zero-order chi connectivity index (χ0) is 22.7. The van der Waals surface area contributed by atoms with Crippen LogP contribution in [0.5, 0.6) is 11.5 Å². The van der Waals surface area contributed by atoms with Crippen LogP contribution in [0.25, 0.3) is 5.69 Å². The number of thioether (sulfide) groups is 1. The molecule has 34 heavy (non-hydrogen) atoms. The third kappa shape index (κ3) is 3.46. The third-order valence-electron chi connectivity index (χ3n) is 8.36. The lowest BCUT2D eigenvalue weighted by molar-refractivity contribution is -0.140. The molecule has 2 aromatic carbocycles. The van der Waals surface area contributed by atoms with E-state index in [-0.39, 0.29) is 11.3 Å². The average Bonchev–Trinajstić information content (AvgIpc) is 3.42. The van der Waals surface area contributed by atoms with Gasteiger partial charge in [0.25, 0.3) is 0 Å². The minimum absolute atomic E-state index is 0.171. The van der Waals surface area contributed by atoms with Crippen molar-refractivity contribution in [2.75, 3.05) is 5.32 Å². The number of nitrogens with zero attached hydrogens (tertiary/aromatic N) is 2. The van der Waals surface area contributed by atoms with E-state index >= 15 is 0 Å². The second-order valence-corrected chi connectivity index (χ2v) is 11.7. The van der Waals surface area contributed by atoms with E-state index in [4.69, 9.17) is 9.84 Å². The fourth-order valence-corrected chi connectivity index (χ4v) is 8.27. The van der Waals surface area contributed by atoms with Crippen LogP contribution in [0, 0.1) is 23.2 Å². The monoisotopic (exact) mass is 471 g/mol. The van der Waals surface area contributed by atoms with E-state index in [0.29, 0.717) is 0 Å². The van der Waals surface area contributed by atoms with E-state index in [1.54, 1.807) is 0 Å². The van der Waals surface area contributed by atoms with Gasteiger partial charge in [0.05, 0.1) is 16.8 Å². The molecule has 4 aliphatic carbocycles. The van der Waals surface area contributed by atoms with Crippen molar-refractivity contribution in [2.45, 2.75) is 50.0 Å². The maximum absolute atomic E-state index is 13.8. The molecule has 1 N–H and O–H groups in total. The molecular weight excluding hydrogens is 442 g/mol. The summed E-state index contributed by atoms with van der Waals surface area (Å²) in [4.78, 5) is 13.8. The Morgan fingerprint density at radius 2 is 1.56 bits per heavy atom. The summed E-state index contributed by atoms with van der Waals surface area (Å²) < 4.78 is 7.90. The molecule has 0 spiro atoms. The first-order valence-corrected chi connectivity index (χ1v) is 13.6. The van der Waals surface area contributed by atoms with Crippen LogP contribution in [0.1, 0.15) is 49.8 Å². The van der Waals surface area contributed by atoms with Crippen molar-refractivity contribution in [1.82, 2.24) is 9.78 Å². The first-order valence-electron chi connectivity index (χ1n) is 12.5. The standard InChI is InChI=1S/C28H29N3O2S/c32-27(28-13-18-10-19(14-28)12-20(11-18)15-28)29-26-24-16-34-17-25(24)30-31(26)21-6-8-23(9-7-21)33-22-4-2-1-3-5-22/h1-9,18-20H,10-17H2,(H,29,32). The molecular formula is C28H29N3O2S. The molecule has 174 valence electrons. The number of fused-ring (bicyclic) bond motifs is 1. The van der Waals surface area contributed by atoms with Gasteiger partial charge >= 0.3 is 0 Å². The van der Waals surface area contributed by atoms with Gasteiger partial charge in [-0.1, -0.05) is 18.2 Å². The molecule has 1 aliphatic heterocycles. The molecule has 0 atom stereocenters. The van der Waals surface area contributed by atoms with E-state index in [1.807, 2.05) is 71.0 Å². The lowest BCUT2D eigenvalue weighted by Gasteiger charge is -2.55. The van der Waals surface area contributed by atoms with Crippen LogP contribution in [0.15, 0.2) is 54.6 Å². The summed E-state index contributed by atoms with van der Waals surface area (Å²) in [5.41, 5.74) is 3.05. The Hall–Kier alpha value is -2.73. The number of amides is 1. The zero-order valence-electron chi connectivity index (χ0n) is 19.2. The molecule has 0 unspecified atom stereocenters. The van der Waals surface area contributed by atoms with Gasteiger partial charge < -0.3 is 10.1 Å². The van der Waals surface area contributed by atoms with Gasteiger partial charge in [-0.05, 0) is 92.7 Å². The van der Waals surface area contributed by atoms with Crippen LogP contribution in [-0.4, -0.2) is 15.7 Å². The molecule has 1 amide bonds. The number of para-hydroxylation sites is 1. The van der Waals surface area contributed by atoms with E-state index in [9.17, 15) is 4.79 Å². The summed E-state index contributed by atoms with van der Waals surface area (Å²) in [6, 6.07) is 17.8. The van der Waals surface area contributed by atoms with Crippen molar-refractivity contribution in [1.29, 1.82) is 0 Å². The van der Waals surface area contributed by atoms with Crippen LogP contribution in [0.3, 0.4) is 0 Å². The smallest absolute Gasteiger partial charge is 0.231 e. The number of carbonyl (C=O) groups is 1. The molecule has 5 nitrogen and oxygen atoms in total. The second-order valence-electron chi connectivity index (χ2n) is 10.7. The van der Waals surface area contributed by atoms with Gasteiger partial charge in [-0.2, -0.15) is 16.9 Å². The SMILES string of the molecule is O=C(Nc1c2c(nn1-c1ccc(Oc3ccccc3)cc1)CSC2)C12CC3CC(CC(C3)C1)C2. The Morgan fingerprint density at radius 3 is 2.24 bits per heavy atom. The first-order chi connectivity index (χ1) is 16.6. The highest BCUT2D eigenvalue weighted by Gasteiger charge is 2.54. The van der Waals surface area contributed by atoms with Crippen molar-refractivity contribution in [3.8, 4) is 17.2 Å². The molecule has 4 saturated carbocycles. The van der Waals surface area contributed by atoms with Gasteiger partial charge in [0, 0.05) is 17.1 Å². The summed E-state index contributed by atoms with van der Waals surface area (Å²) in [6.07, 6.45) is 7.24. The lowest BCUT2D eigenvalue weighted by atomic mass is 9.49. The van der Waals surface area contributed by atoms with Gasteiger partial charge in [0.15, 0.2) is 0 Å². The highest BCUT2D eigenvalue weighted by Crippen LogP contribution is 2.60. The zero-order valence-corrected chi connectivity index (χ0v) is 20.0. The van der Waals surface area contributed by atoms with Gasteiger partial charge in [-0.3, -0.25) is 4.79 Å². The minimum Gasteiger partial charge on any atom is -0.457 e. The molecule has 1 aromatic heterocycles. The van der Waals surface area contributed by atoms with E-state index in [1.165, 1.54) is 24.8 Å². The Balaban J connectivity index is 1.17. The number of rotatable bonds is 5. The van der Waals surface area contributed by atoms with E-state index < -0.39 is 0 Å². The van der Waals surface area contributed by atoms with Crippen LogP contribution < -0.4 is 10.1 Å². The van der Waals surface area contributed by atoms with Crippen molar-refractivity contribution in [2.24, 2.45) is 23.2 Å². The predicted molar refractivity (Wildman–Crippen MR) is 134 cm³/mol. The second kappa shape index (κ2) is 7.91. The normalized spacial score (nSPS) is 28.6. The highest BCUT2D eigenvalue weighted by molar-refractivity contribution is 7.98. The summed E-state index contributed by atoms with van der Waals surface area (Å²) >= 11 is 1.87. The van der Waals surface area contributed by atoms with Crippen LogP contribution in [-0.2, 0) is 16.3 Å². The number of hydrogen-bond acceptors (Lipinski definition) is 4. The molecule has 2 heterocycles. The maximum Gasteiger partial charge on any atom is 0.231 e. The molecule has 0 radical (unpaired) electrons. The molecule has 6 heteroatoms. The first kappa shape index (κ1) is 20.6. The highest BCUT2D eigenvalue weighted by atomic mass is 32.2. The van der Waals surface area contributed by atoms with Crippen LogP contribution in [0.2, 0.25) is 0 Å². The molecule has 4 bridgehead atoms. The Labute approximate surface area is 204 Å². The summed E-state index contributed by atoms with van der Waals surface area (Å²) in [7, 11) is 0. The molecule has 5 aliphatic rings. The van der Waals surface area contributed by atoms with Crippen molar-refractivity contribution in [3.63, 3.8) is 0 Å². The summed E-state index contributed by atoms with van der Waals surface area (Å²) in [6.45, 7) is 0. The van der Waals surface area contributed by atoms with Crippen molar-refractivity contribution >= 4 is 23.5 Å². The number of benzene rings is 2. The Morgan fingerprint density at radius 1 is 0.912 bits per heavy atom. The molecule has 8 rings (SSSR count). The molecule has 0 saturated heterocycles. The largest absolute Gasteiger partial charge is 0.457 e. The fourth-order valence-electron chi connectivity index (χ4n) is 7.24. The predicted octanol–water partition coefficient (Wildman–Crippen LogP) is 6.57. The van der Waals surface area contributed by atoms with Crippen LogP contribution >= 0.6 is 11.8 Å². The number of hydrogen-bond donors (Lipinski definition) is 1. The van der Waals surface area contributed by atoms with Crippen LogP contribution in [0.4, 0.5) is 5.82 Å². The number of carbonyl (C=O) groups excluding carboxylic acids is 1. The van der Waals surface area contributed by atoms with Crippen molar-refractivity contribution in [3.05, 3.63) is 65.9 Å². The third-order valence-corrected chi connectivity index (χ3v) is 9.33. The number of ether oxygens (including phenoxy) is 1. The minimum atomic E-state index is -0.171. The van der Waals surface area contributed by atoms with Gasteiger partial charge in [-0.15, -0.1) is 0 Å². The topological polar surface area (TPSA) is 56.2 Å². The molecule has 4 fully saturated rings. The fraction of sp³-hybridized carbons (Fsp3) is 0.429. The van der Waals surface area contributed by atoms with E-state index in [2.05, 4.69) is 5.32 Å². The van der Waals surface area contributed by atoms with Gasteiger partial charge in [0.2, 0.25) is 5.91 Å².